The van der Waals surface area contributed by atoms with E-state index in [1.54, 1.807) is 6.20 Å². The Morgan fingerprint density at radius 2 is 2.19 bits per heavy atom. The highest BCUT2D eigenvalue weighted by Crippen LogP contribution is 2.05. The van der Waals surface area contributed by atoms with Gasteiger partial charge in [-0.2, -0.15) is 17.8 Å². The summed E-state index contributed by atoms with van der Waals surface area (Å²) >= 11 is 0. The van der Waals surface area contributed by atoms with Gasteiger partial charge in [-0.3, -0.25) is 5.10 Å². The topological polar surface area (TPSA) is 78.1 Å². The van der Waals surface area contributed by atoms with Gasteiger partial charge in [0, 0.05) is 26.3 Å². The molecule has 1 aromatic rings. The van der Waals surface area contributed by atoms with Gasteiger partial charge in [0.2, 0.25) is 0 Å². The van der Waals surface area contributed by atoms with Gasteiger partial charge < -0.3 is 0 Å². The van der Waals surface area contributed by atoms with Gasteiger partial charge in [-0.05, 0) is 25.3 Å². The van der Waals surface area contributed by atoms with Crippen LogP contribution in [0.2, 0.25) is 0 Å². The van der Waals surface area contributed by atoms with Crippen LogP contribution in [0.25, 0.3) is 0 Å². The highest BCUT2D eigenvalue weighted by atomic mass is 32.2. The molecule has 0 bridgehead atoms. The monoisotopic (exact) mass is 246 g/mol. The molecule has 7 heteroatoms. The third kappa shape index (κ3) is 3.58. The minimum absolute atomic E-state index is 0.436. The maximum Gasteiger partial charge on any atom is 0.278 e. The van der Waals surface area contributed by atoms with Crippen LogP contribution in [0.5, 0.6) is 0 Å². The fourth-order valence-corrected chi connectivity index (χ4v) is 1.90. The molecule has 1 heterocycles. The van der Waals surface area contributed by atoms with Crippen LogP contribution in [0.4, 0.5) is 0 Å². The minimum Gasteiger partial charge on any atom is -0.283 e. The molecule has 0 saturated carbocycles. The van der Waals surface area contributed by atoms with Crippen LogP contribution in [-0.2, 0) is 16.6 Å². The predicted molar refractivity (Wildman–Crippen MR) is 62.3 cm³/mol. The molecule has 16 heavy (non-hydrogen) atoms. The van der Waals surface area contributed by atoms with Crippen molar-refractivity contribution in [3.05, 3.63) is 17.5 Å². The van der Waals surface area contributed by atoms with E-state index in [1.807, 2.05) is 6.92 Å². The summed E-state index contributed by atoms with van der Waals surface area (Å²) in [6.07, 6.45) is 3.35. The van der Waals surface area contributed by atoms with E-state index in [0.29, 0.717) is 6.54 Å². The molecule has 0 aliphatic heterocycles. The maximum absolute atomic E-state index is 11.4. The van der Waals surface area contributed by atoms with E-state index in [0.717, 1.165) is 28.4 Å². The number of nitrogens with one attached hydrogen (secondary N) is 2. The Kier molecular flexibility index (Phi) is 4.45. The van der Waals surface area contributed by atoms with Crippen LogP contribution in [0.15, 0.2) is 6.20 Å². The Hall–Kier alpha value is -0.920. The lowest BCUT2D eigenvalue weighted by atomic mass is 10.1. The summed E-state index contributed by atoms with van der Waals surface area (Å²) in [5.41, 5.74) is 2.17. The van der Waals surface area contributed by atoms with E-state index in [-0.39, 0.29) is 0 Å². The Labute approximate surface area is 96.2 Å². The Balaban J connectivity index is 2.30. The smallest absolute Gasteiger partial charge is 0.278 e. The third-order valence-corrected chi connectivity index (χ3v) is 3.85. The van der Waals surface area contributed by atoms with Crippen LogP contribution in [-0.4, -0.2) is 43.6 Å². The Bertz CT molecular complexity index is 424. The summed E-state index contributed by atoms with van der Waals surface area (Å²) in [6, 6.07) is 0. The molecule has 1 rings (SSSR count). The highest BCUT2D eigenvalue weighted by molar-refractivity contribution is 7.87. The minimum atomic E-state index is -3.29. The van der Waals surface area contributed by atoms with Gasteiger partial charge in [-0.25, -0.2) is 4.72 Å². The Morgan fingerprint density at radius 1 is 1.50 bits per heavy atom. The van der Waals surface area contributed by atoms with Gasteiger partial charge in [0.05, 0.1) is 6.20 Å². The van der Waals surface area contributed by atoms with Crippen molar-refractivity contribution in [2.24, 2.45) is 0 Å². The van der Waals surface area contributed by atoms with Crippen LogP contribution in [0.3, 0.4) is 0 Å². The molecular formula is C9H18N4O2S. The lowest BCUT2D eigenvalue weighted by molar-refractivity contribution is 0.504. The van der Waals surface area contributed by atoms with E-state index in [1.165, 1.54) is 14.1 Å². The van der Waals surface area contributed by atoms with Crippen LogP contribution >= 0.6 is 0 Å². The predicted octanol–water partition coefficient (Wildman–Crippen LogP) is 0.0467. The van der Waals surface area contributed by atoms with E-state index >= 15 is 0 Å². The van der Waals surface area contributed by atoms with Crippen molar-refractivity contribution in [1.82, 2.24) is 19.2 Å². The lowest BCUT2D eigenvalue weighted by Crippen LogP contribution is -2.36. The average molecular weight is 246 g/mol. The summed E-state index contributed by atoms with van der Waals surface area (Å²) in [5, 5.41) is 6.75. The lowest BCUT2D eigenvalue weighted by Gasteiger charge is -2.11. The molecule has 0 radical (unpaired) electrons. The second-order valence-corrected chi connectivity index (χ2v) is 5.77. The van der Waals surface area contributed by atoms with Crippen molar-refractivity contribution in [2.45, 2.75) is 19.8 Å². The number of H-pyrrole nitrogens is 1. The molecule has 0 spiro atoms. The first-order chi connectivity index (χ1) is 7.43. The molecule has 92 valence electrons. The average Bonchev–Trinajstić information content (AvgIpc) is 2.59. The molecule has 0 unspecified atom stereocenters. The van der Waals surface area contributed by atoms with Gasteiger partial charge in [-0.1, -0.05) is 0 Å². The molecule has 0 aromatic carbocycles. The van der Waals surface area contributed by atoms with Crippen molar-refractivity contribution in [2.75, 3.05) is 20.6 Å². The quantitative estimate of drug-likeness (QED) is 0.696. The summed E-state index contributed by atoms with van der Waals surface area (Å²) in [4.78, 5) is 0. The number of hydrogen-bond acceptors (Lipinski definition) is 3. The molecule has 2 N–H and O–H groups in total. The molecule has 0 atom stereocenters. The van der Waals surface area contributed by atoms with E-state index < -0.39 is 10.2 Å². The fourth-order valence-electron chi connectivity index (χ4n) is 1.24. The number of hydrogen-bond donors (Lipinski definition) is 2. The largest absolute Gasteiger partial charge is 0.283 e. The van der Waals surface area contributed by atoms with Gasteiger partial charge in [0.1, 0.15) is 0 Å². The fraction of sp³-hybridized carbons (Fsp3) is 0.667. The molecular weight excluding hydrogens is 228 g/mol. The molecule has 1 aromatic heterocycles. The zero-order valence-corrected chi connectivity index (χ0v) is 10.6. The van der Waals surface area contributed by atoms with E-state index in [9.17, 15) is 8.42 Å². The van der Waals surface area contributed by atoms with E-state index in [4.69, 9.17) is 0 Å². The van der Waals surface area contributed by atoms with Crippen molar-refractivity contribution in [3.8, 4) is 0 Å². The number of aromatic amines is 1. The molecule has 0 amide bonds. The summed E-state index contributed by atoms with van der Waals surface area (Å²) in [5.74, 6) is 0. The normalized spacial score (nSPS) is 12.2. The van der Waals surface area contributed by atoms with Crippen molar-refractivity contribution < 1.29 is 8.42 Å². The van der Waals surface area contributed by atoms with Crippen LogP contribution in [0, 0.1) is 6.92 Å². The maximum atomic E-state index is 11.4. The first-order valence-electron chi connectivity index (χ1n) is 5.09. The molecule has 0 saturated heterocycles. The highest BCUT2D eigenvalue weighted by Gasteiger charge is 2.11. The molecule has 0 fully saturated rings. The molecule has 6 nitrogen and oxygen atoms in total. The Morgan fingerprint density at radius 3 is 2.69 bits per heavy atom. The number of aromatic nitrogens is 2. The van der Waals surface area contributed by atoms with Crippen molar-refractivity contribution in [1.29, 1.82) is 0 Å². The van der Waals surface area contributed by atoms with Gasteiger partial charge in [0.15, 0.2) is 0 Å². The number of nitrogens with zero attached hydrogens (tertiary/aromatic N) is 2. The van der Waals surface area contributed by atoms with Gasteiger partial charge in [-0.15, -0.1) is 0 Å². The summed E-state index contributed by atoms with van der Waals surface area (Å²) < 4.78 is 26.4. The van der Waals surface area contributed by atoms with E-state index in [2.05, 4.69) is 14.9 Å². The third-order valence-electron chi connectivity index (χ3n) is 2.32. The molecule has 0 aliphatic rings. The first-order valence-corrected chi connectivity index (χ1v) is 6.53. The summed E-state index contributed by atoms with van der Waals surface area (Å²) in [6.45, 7) is 2.39. The molecule has 0 aliphatic carbocycles. The standard InChI is InChI=1S/C9H18N4O2S/c1-8-9(7-10-12-8)5-4-6-11-16(14,15)13(2)3/h7,11H,4-6H2,1-3H3,(H,10,12). The van der Waals surface area contributed by atoms with Crippen molar-refractivity contribution >= 4 is 10.2 Å². The first kappa shape index (κ1) is 13.1. The van der Waals surface area contributed by atoms with Crippen LogP contribution in [0.1, 0.15) is 17.7 Å². The summed E-state index contributed by atoms with van der Waals surface area (Å²) in [7, 11) is -0.284. The second kappa shape index (κ2) is 5.42. The van der Waals surface area contributed by atoms with Gasteiger partial charge >= 0.3 is 0 Å². The SMILES string of the molecule is Cc1[nH]ncc1CCCNS(=O)(=O)N(C)C. The second-order valence-electron chi connectivity index (χ2n) is 3.81. The van der Waals surface area contributed by atoms with Crippen molar-refractivity contribution in [3.63, 3.8) is 0 Å². The van der Waals surface area contributed by atoms with Gasteiger partial charge in [0.25, 0.3) is 10.2 Å². The number of aryl methyl sites for hydroxylation is 2. The zero-order valence-electron chi connectivity index (χ0n) is 9.82. The van der Waals surface area contributed by atoms with Crippen LogP contribution < -0.4 is 4.72 Å². The zero-order chi connectivity index (χ0) is 12.2. The number of rotatable bonds is 6.